The molecule has 0 aromatic carbocycles. The van der Waals surface area contributed by atoms with Gasteiger partial charge in [-0.25, -0.2) is 13.1 Å². The highest BCUT2D eigenvalue weighted by Gasteiger charge is 2.65. The summed E-state index contributed by atoms with van der Waals surface area (Å²) in [4.78, 5) is 21.1. The summed E-state index contributed by atoms with van der Waals surface area (Å²) in [6, 6.07) is 2.84. The molecular formula is C21H28N4O4S. The van der Waals surface area contributed by atoms with Crippen LogP contribution in [0, 0.1) is 22.7 Å². The Hall–Kier alpha value is -2.13. The Labute approximate surface area is 176 Å². The van der Waals surface area contributed by atoms with Crippen molar-refractivity contribution in [2.75, 3.05) is 5.75 Å². The maximum absolute atomic E-state index is 13.2. The van der Waals surface area contributed by atoms with Crippen molar-refractivity contribution in [3.8, 4) is 11.4 Å². The van der Waals surface area contributed by atoms with Crippen LogP contribution in [0.4, 0.5) is 0 Å². The van der Waals surface area contributed by atoms with Crippen molar-refractivity contribution in [2.24, 2.45) is 22.7 Å². The van der Waals surface area contributed by atoms with Crippen molar-refractivity contribution >= 4 is 15.8 Å². The zero-order valence-corrected chi connectivity index (χ0v) is 18.6. The molecule has 2 aromatic heterocycles. The molecule has 0 aliphatic heterocycles. The summed E-state index contributed by atoms with van der Waals surface area (Å²) in [6.07, 6.45) is 5.27. The average molecular weight is 433 g/mol. The number of fused-ring (bicyclic) bond motifs is 2. The first-order valence-corrected chi connectivity index (χ1v) is 12.0. The second-order valence-electron chi connectivity index (χ2n) is 9.46. The molecule has 0 radical (unpaired) electrons. The minimum absolute atomic E-state index is 0.0768. The van der Waals surface area contributed by atoms with Gasteiger partial charge >= 0.3 is 0 Å². The van der Waals surface area contributed by atoms with Crippen molar-refractivity contribution < 1.29 is 17.7 Å². The molecule has 0 amide bonds. The summed E-state index contributed by atoms with van der Waals surface area (Å²) >= 11 is 0. The van der Waals surface area contributed by atoms with Gasteiger partial charge in [-0.05, 0) is 42.2 Å². The molecule has 162 valence electrons. The Balaban J connectivity index is 1.58. The fraction of sp³-hybridized carbons (Fsp3) is 0.619. The lowest BCUT2D eigenvalue weighted by molar-refractivity contribution is -0.128. The predicted octanol–water partition coefficient (Wildman–Crippen LogP) is 3.14. The van der Waals surface area contributed by atoms with Crippen LogP contribution in [0.15, 0.2) is 29.0 Å². The van der Waals surface area contributed by atoms with Crippen LogP contribution in [-0.4, -0.2) is 35.1 Å². The van der Waals surface area contributed by atoms with Crippen molar-refractivity contribution in [2.45, 2.75) is 53.0 Å². The van der Waals surface area contributed by atoms with Crippen LogP contribution in [-0.2, 0) is 14.8 Å². The number of rotatable bonds is 7. The van der Waals surface area contributed by atoms with Crippen LogP contribution in [0.25, 0.3) is 11.4 Å². The van der Waals surface area contributed by atoms with E-state index in [2.05, 4.69) is 19.8 Å². The predicted molar refractivity (Wildman–Crippen MR) is 111 cm³/mol. The third-order valence-electron chi connectivity index (χ3n) is 7.20. The Kier molecular flexibility index (Phi) is 5.09. The average Bonchev–Trinajstić information content (AvgIpc) is 3.30. The van der Waals surface area contributed by atoms with E-state index in [4.69, 9.17) is 4.52 Å². The quantitative estimate of drug-likeness (QED) is 0.714. The molecular weight excluding hydrogens is 404 g/mol. The number of nitrogens with one attached hydrogen (secondary N) is 1. The normalized spacial score (nSPS) is 26.4. The number of nitrogens with zero attached hydrogens (tertiary/aromatic N) is 3. The van der Waals surface area contributed by atoms with E-state index >= 15 is 0 Å². The Morgan fingerprint density at radius 3 is 2.53 bits per heavy atom. The van der Waals surface area contributed by atoms with Gasteiger partial charge in [-0.15, -0.1) is 0 Å². The maximum Gasteiger partial charge on any atom is 0.245 e. The first-order chi connectivity index (χ1) is 14.1. The Morgan fingerprint density at radius 2 is 1.97 bits per heavy atom. The van der Waals surface area contributed by atoms with Crippen molar-refractivity contribution in [1.29, 1.82) is 0 Å². The van der Waals surface area contributed by atoms with Crippen molar-refractivity contribution in [3.63, 3.8) is 0 Å². The lowest BCUT2D eigenvalue weighted by Crippen LogP contribution is -2.46. The van der Waals surface area contributed by atoms with Crippen LogP contribution in [0.2, 0.25) is 0 Å². The topological polar surface area (TPSA) is 115 Å². The zero-order chi connectivity index (χ0) is 21.7. The van der Waals surface area contributed by atoms with Crippen molar-refractivity contribution in [1.82, 2.24) is 19.8 Å². The summed E-state index contributed by atoms with van der Waals surface area (Å²) in [5, 5.41) is 3.99. The highest BCUT2D eigenvalue weighted by molar-refractivity contribution is 7.89. The third-order valence-corrected chi connectivity index (χ3v) is 8.68. The number of carbonyl (C=O) groups is 1. The first kappa shape index (κ1) is 21.1. The number of hydrogen-bond acceptors (Lipinski definition) is 7. The molecule has 2 bridgehead atoms. The smallest absolute Gasteiger partial charge is 0.245 e. The van der Waals surface area contributed by atoms with Crippen LogP contribution < -0.4 is 4.72 Å². The van der Waals surface area contributed by atoms with E-state index in [0.717, 1.165) is 12.0 Å². The molecule has 0 saturated heterocycles. The molecule has 2 fully saturated rings. The van der Waals surface area contributed by atoms with E-state index in [-0.39, 0.29) is 34.7 Å². The Bertz CT molecular complexity index is 1050. The molecule has 4 rings (SSSR count). The van der Waals surface area contributed by atoms with Crippen LogP contribution in [0.5, 0.6) is 0 Å². The molecule has 2 heterocycles. The third kappa shape index (κ3) is 3.37. The fourth-order valence-corrected chi connectivity index (χ4v) is 7.29. The molecule has 3 unspecified atom stereocenters. The van der Waals surface area contributed by atoms with Gasteiger partial charge in [0.2, 0.25) is 21.7 Å². The highest BCUT2D eigenvalue weighted by atomic mass is 32.2. The van der Waals surface area contributed by atoms with Gasteiger partial charge in [0.15, 0.2) is 0 Å². The summed E-state index contributed by atoms with van der Waals surface area (Å²) < 4.78 is 34.6. The second-order valence-corrected chi connectivity index (χ2v) is 11.2. The molecule has 2 aliphatic rings. The van der Waals surface area contributed by atoms with Crippen LogP contribution >= 0.6 is 0 Å². The van der Waals surface area contributed by atoms with Gasteiger partial charge in [0.05, 0.1) is 5.75 Å². The summed E-state index contributed by atoms with van der Waals surface area (Å²) in [5.41, 5.74) is -0.396. The molecule has 3 atom stereocenters. The second kappa shape index (κ2) is 7.23. The lowest BCUT2D eigenvalue weighted by Gasteiger charge is -2.36. The van der Waals surface area contributed by atoms with Crippen molar-refractivity contribution in [3.05, 3.63) is 30.4 Å². The van der Waals surface area contributed by atoms with E-state index in [0.29, 0.717) is 18.7 Å². The molecule has 0 spiro atoms. The number of Topliss-reactive ketones (excluding diaryl/α,β-unsaturated/α-hetero) is 1. The van der Waals surface area contributed by atoms with Gasteiger partial charge in [0.25, 0.3) is 0 Å². The van der Waals surface area contributed by atoms with E-state index in [1.165, 1.54) is 0 Å². The van der Waals surface area contributed by atoms with Crippen LogP contribution in [0.1, 0.15) is 58.9 Å². The monoisotopic (exact) mass is 432 g/mol. The lowest BCUT2D eigenvalue weighted by atomic mass is 9.70. The number of sulfonamides is 1. The van der Waals surface area contributed by atoms with Gasteiger partial charge in [-0.1, -0.05) is 32.9 Å². The van der Waals surface area contributed by atoms with E-state index in [1.54, 1.807) is 24.5 Å². The van der Waals surface area contributed by atoms with Gasteiger partial charge < -0.3 is 4.52 Å². The maximum atomic E-state index is 13.2. The molecule has 1 N–H and O–H groups in total. The minimum atomic E-state index is -3.77. The SMILES string of the molecule is CC(C)C(NS(=O)(=O)CC12CCC(CC1=O)C2(C)C)c1nc(-c2ccncc2)no1. The molecule has 2 saturated carbocycles. The number of pyridine rings is 1. The number of ketones is 1. The summed E-state index contributed by atoms with van der Waals surface area (Å²) in [5.74, 6) is 0.608. The molecule has 2 aromatic rings. The zero-order valence-electron chi connectivity index (χ0n) is 17.8. The largest absolute Gasteiger partial charge is 0.337 e. The Morgan fingerprint density at radius 1 is 1.27 bits per heavy atom. The number of carbonyl (C=O) groups excluding carboxylic acids is 1. The number of aromatic nitrogens is 3. The highest BCUT2D eigenvalue weighted by Crippen LogP contribution is 2.64. The van der Waals surface area contributed by atoms with Crippen LogP contribution in [0.3, 0.4) is 0 Å². The van der Waals surface area contributed by atoms with E-state index in [9.17, 15) is 13.2 Å². The van der Waals surface area contributed by atoms with Gasteiger partial charge in [0, 0.05) is 29.8 Å². The van der Waals surface area contributed by atoms with Gasteiger partial charge in [0.1, 0.15) is 11.8 Å². The van der Waals surface area contributed by atoms with Gasteiger partial charge in [-0.2, -0.15) is 4.98 Å². The summed E-state index contributed by atoms with van der Waals surface area (Å²) in [6.45, 7) is 7.84. The molecule has 2 aliphatic carbocycles. The van der Waals surface area contributed by atoms with Gasteiger partial charge in [-0.3, -0.25) is 9.78 Å². The fourth-order valence-electron chi connectivity index (χ4n) is 5.12. The summed E-state index contributed by atoms with van der Waals surface area (Å²) in [7, 11) is -3.77. The molecule has 9 heteroatoms. The first-order valence-electron chi connectivity index (χ1n) is 10.3. The standard InChI is InChI=1S/C21H28N4O4S/c1-13(2)17(19-23-18(24-29-19)14-6-9-22-10-7-14)25-30(27,28)12-21-8-5-15(11-16(21)26)20(21,3)4/h6-7,9-10,13,15,17,25H,5,8,11-12H2,1-4H3. The molecule has 8 nitrogen and oxygen atoms in total. The van der Waals surface area contributed by atoms with E-state index < -0.39 is 21.5 Å². The molecule has 30 heavy (non-hydrogen) atoms. The van der Waals surface area contributed by atoms with E-state index in [1.807, 2.05) is 27.7 Å². The number of hydrogen-bond donors (Lipinski definition) is 1. The minimum Gasteiger partial charge on any atom is -0.337 e.